The molecular formula is C21H26Si. The van der Waals surface area contributed by atoms with Crippen LogP contribution in [0, 0.1) is 0 Å². The summed E-state index contributed by atoms with van der Waals surface area (Å²) in [4.78, 5) is 0. The molecule has 2 aromatic carbocycles. The lowest BCUT2D eigenvalue weighted by Gasteiger charge is -2.31. The third-order valence-corrected chi connectivity index (χ3v) is 9.92. The van der Waals surface area contributed by atoms with Crippen molar-refractivity contribution in [3.05, 3.63) is 71.3 Å². The van der Waals surface area contributed by atoms with Crippen molar-refractivity contribution >= 4 is 18.5 Å². The molecule has 0 bridgehead atoms. The largest absolute Gasteiger partial charge is 0.115 e. The van der Waals surface area contributed by atoms with E-state index in [9.17, 15) is 0 Å². The summed E-state index contributed by atoms with van der Waals surface area (Å²) in [6, 6.07) is 21.7. The lowest BCUT2D eigenvalue weighted by atomic mass is 10.1. The zero-order valence-corrected chi connectivity index (χ0v) is 15.0. The van der Waals surface area contributed by atoms with Gasteiger partial charge in [-0.3, -0.25) is 0 Å². The number of benzene rings is 2. The number of fused-ring (bicyclic) bond motifs is 1. The van der Waals surface area contributed by atoms with Gasteiger partial charge in [0.15, 0.2) is 0 Å². The zero-order valence-electron chi connectivity index (χ0n) is 14.0. The Morgan fingerprint density at radius 2 is 1.64 bits per heavy atom. The van der Waals surface area contributed by atoms with Gasteiger partial charge in [-0.05, 0) is 35.7 Å². The molecule has 1 aliphatic carbocycles. The number of allylic oxidation sites excluding steroid dienone is 1. The van der Waals surface area contributed by atoms with Crippen molar-refractivity contribution < 1.29 is 0 Å². The molecule has 1 unspecified atom stereocenters. The summed E-state index contributed by atoms with van der Waals surface area (Å²) in [5.74, 6) is 0. The molecule has 2 aromatic rings. The average Bonchev–Trinajstić information content (AvgIpc) is 2.90. The predicted octanol–water partition coefficient (Wildman–Crippen LogP) is 5.34. The first-order chi connectivity index (χ1) is 10.7. The molecule has 0 amide bonds. The first-order valence-corrected chi connectivity index (χ1v) is 11.2. The highest BCUT2D eigenvalue weighted by Crippen LogP contribution is 2.40. The minimum absolute atomic E-state index is 1.15. The summed E-state index contributed by atoms with van der Waals surface area (Å²) >= 11 is 0. The van der Waals surface area contributed by atoms with Crippen LogP contribution in [0.4, 0.5) is 0 Å². The van der Waals surface area contributed by atoms with Crippen LogP contribution in [0.3, 0.4) is 0 Å². The molecule has 0 aromatic heterocycles. The van der Waals surface area contributed by atoms with Crippen molar-refractivity contribution in [3.63, 3.8) is 0 Å². The quantitative estimate of drug-likeness (QED) is 0.654. The van der Waals surface area contributed by atoms with Gasteiger partial charge in [0.1, 0.15) is 8.07 Å². The van der Waals surface area contributed by atoms with Gasteiger partial charge in [0.2, 0.25) is 0 Å². The molecule has 22 heavy (non-hydrogen) atoms. The fraction of sp³-hybridized carbons (Fsp3) is 0.333. The van der Waals surface area contributed by atoms with E-state index >= 15 is 0 Å². The van der Waals surface area contributed by atoms with E-state index in [4.69, 9.17) is 0 Å². The van der Waals surface area contributed by atoms with Gasteiger partial charge in [0.25, 0.3) is 0 Å². The van der Waals surface area contributed by atoms with E-state index < -0.39 is 8.07 Å². The molecule has 1 heteroatoms. The molecule has 0 N–H and O–H groups in total. The molecule has 114 valence electrons. The van der Waals surface area contributed by atoms with Crippen LogP contribution in [0.15, 0.2) is 60.2 Å². The van der Waals surface area contributed by atoms with Gasteiger partial charge in [0, 0.05) is 0 Å². The van der Waals surface area contributed by atoms with Crippen LogP contribution in [0.25, 0.3) is 5.20 Å². The summed E-state index contributed by atoms with van der Waals surface area (Å²) in [6.07, 6.45) is 3.76. The zero-order chi connectivity index (χ0) is 15.6. The monoisotopic (exact) mass is 306 g/mol. The molecule has 0 saturated carbocycles. The lowest BCUT2D eigenvalue weighted by molar-refractivity contribution is 0.872. The Labute approximate surface area is 135 Å². The maximum atomic E-state index is 2.58. The van der Waals surface area contributed by atoms with Crippen LogP contribution in [-0.4, -0.2) is 8.07 Å². The molecule has 0 aliphatic heterocycles. The molecule has 0 heterocycles. The van der Waals surface area contributed by atoms with E-state index in [2.05, 4.69) is 75.0 Å². The Balaban J connectivity index is 2.13. The fourth-order valence-electron chi connectivity index (χ4n) is 4.04. The first kappa shape index (κ1) is 15.3. The van der Waals surface area contributed by atoms with E-state index in [1.807, 2.05) is 0 Å². The van der Waals surface area contributed by atoms with Crippen LogP contribution in [0.2, 0.25) is 12.6 Å². The Morgan fingerprint density at radius 3 is 2.36 bits per heavy atom. The standard InChI is InChI=1S/C21H26Si/c1-4-5-15-22(3,19-12-7-6-8-13-19)21-17(2)16-18-11-9-10-14-20(18)21/h6-14H,4-5,15-16H2,1-3H3. The Kier molecular flexibility index (Phi) is 4.35. The minimum atomic E-state index is -1.65. The molecule has 0 fully saturated rings. The van der Waals surface area contributed by atoms with Crippen LogP contribution in [0.1, 0.15) is 37.8 Å². The van der Waals surface area contributed by atoms with Gasteiger partial charge in [-0.1, -0.05) is 91.7 Å². The van der Waals surface area contributed by atoms with E-state index in [0.29, 0.717) is 0 Å². The second kappa shape index (κ2) is 6.25. The van der Waals surface area contributed by atoms with Crippen LogP contribution in [-0.2, 0) is 6.42 Å². The fourth-order valence-corrected chi connectivity index (χ4v) is 8.73. The van der Waals surface area contributed by atoms with Crippen LogP contribution < -0.4 is 5.19 Å². The highest BCUT2D eigenvalue weighted by Gasteiger charge is 2.38. The Bertz CT molecular complexity index is 684. The summed E-state index contributed by atoms with van der Waals surface area (Å²) in [7, 11) is -1.65. The van der Waals surface area contributed by atoms with Crippen molar-refractivity contribution in [1.82, 2.24) is 0 Å². The summed E-state index contributed by atoms with van der Waals surface area (Å²) < 4.78 is 0. The molecule has 1 aliphatic rings. The third-order valence-electron chi connectivity index (χ3n) is 5.16. The number of rotatable bonds is 5. The number of unbranched alkanes of at least 4 members (excludes halogenated alkanes) is 1. The molecule has 1 atom stereocenters. The maximum absolute atomic E-state index is 2.58. The highest BCUT2D eigenvalue weighted by atomic mass is 28.3. The van der Waals surface area contributed by atoms with Gasteiger partial charge in [-0.25, -0.2) is 0 Å². The van der Waals surface area contributed by atoms with Crippen LogP contribution >= 0.6 is 0 Å². The number of hydrogen-bond donors (Lipinski definition) is 0. The molecule has 0 saturated heterocycles. The van der Waals surface area contributed by atoms with Crippen molar-refractivity contribution in [3.8, 4) is 0 Å². The summed E-state index contributed by atoms with van der Waals surface area (Å²) in [5.41, 5.74) is 4.67. The predicted molar refractivity (Wildman–Crippen MR) is 100 cm³/mol. The highest BCUT2D eigenvalue weighted by molar-refractivity contribution is 7.05. The second-order valence-corrected chi connectivity index (χ2v) is 11.0. The molecule has 0 spiro atoms. The van der Waals surface area contributed by atoms with Gasteiger partial charge in [0.05, 0.1) is 0 Å². The van der Waals surface area contributed by atoms with E-state index in [1.54, 1.807) is 16.0 Å². The van der Waals surface area contributed by atoms with Crippen LogP contribution in [0.5, 0.6) is 0 Å². The van der Waals surface area contributed by atoms with Crippen molar-refractivity contribution in [2.45, 2.75) is 45.7 Å². The first-order valence-electron chi connectivity index (χ1n) is 8.51. The second-order valence-electron chi connectivity index (χ2n) is 6.79. The third kappa shape index (κ3) is 2.59. The van der Waals surface area contributed by atoms with Crippen molar-refractivity contribution in [2.24, 2.45) is 0 Å². The summed E-state index contributed by atoms with van der Waals surface area (Å²) in [5, 5.41) is 3.30. The molecule has 0 nitrogen and oxygen atoms in total. The maximum Gasteiger partial charge on any atom is 0.115 e. The SMILES string of the molecule is CCCC[Si](C)(C1=C(C)Cc2ccccc21)c1ccccc1. The van der Waals surface area contributed by atoms with E-state index in [1.165, 1.54) is 30.0 Å². The summed E-state index contributed by atoms with van der Waals surface area (Å²) in [6.45, 7) is 7.25. The van der Waals surface area contributed by atoms with Gasteiger partial charge >= 0.3 is 0 Å². The number of hydrogen-bond acceptors (Lipinski definition) is 0. The Hall–Kier alpha value is -1.60. The van der Waals surface area contributed by atoms with Gasteiger partial charge in [-0.15, -0.1) is 0 Å². The minimum Gasteiger partial charge on any atom is -0.0686 e. The Morgan fingerprint density at radius 1 is 0.955 bits per heavy atom. The van der Waals surface area contributed by atoms with E-state index in [0.717, 1.165) is 6.42 Å². The normalized spacial score (nSPS) is 16.5. The topological polar surface area (TPSA) is 0 Å². The van der Waals surface area contributed by atoms with Crippen molar-refractivity contribution in [1.29, 1.82) is 0 Å². The molecule has 3 rings (SSSR count). The van der Waals surface area contributed by atoms with Crippen molar-refractivity contribution in [2.75, 3.05) is 0 Å². The average molecular weight is 307 g/mol. The van der Waals surface area contributed by atoms with Gasteiger partial charge < -0.3 is 0 Å². The molecule has 0 radical (unpaired) electrons. The van der Waals surface area contributed by atoms with E-state index in [-0.39, 0.29) is 0 Å². The lowest BCUT2D eigenvalue weighted by Crippen LogP contribution is -2.46. The smallest absolute Gasteiger partial charge is 0.0686 e. The molecular weight excluding hydrogens is 280 g/mol. The van der Waals surface area contributed by atoms with Gasteiger partial charge in [-0.2, -0.15) is 0 Å².